The molecular formula is C14H19ClN4O2. The number of aromatic nitrogens is 2. The van der Waals surface area contributed by atoms with Crippen LogP contribution < -0.4 is 11.1 Å². The van der Waals surface area contributed by atoms with Crippen LogP contribution >= 0.6 is 12.4 Å². The van der Waals surface area contributed by atoms with Crippen molar-refractivity contribution < 1.29 is 9.53 Å². The first-order valence-electron chi connectivity index (χ1n) is 6.76. The lowest BCUT2D eigenvalue weighted by molar-refractivity contribution is -0.130. The normalized spacial score (nSPS) is 17.2. The molecule has 2 aromatic rings. The number of carbonyl (C=O) groups is 1. The van der Waals surface area contributed by atoms with Gasteiger partial charge in [-0.15, -0.1) is 12.4 Å². The maximum atomic E-state index is 12.5. The number of ether oxygens (including phenoxy) is 1. The first-order chi connectivity index (χ1) is 9.73. The molecule has 0 spiro atoms. The maximum Gasteiger partial charge on any atom is 0.232 e. The molecule has 21 heavy (non-hydrogen) atoms. The van der Waals surface area contributed by atoms with E-state index in [1.807, 2.05) is 18.2 Å². The number of carbonyl (C=O) groups excluding carboxylic acids is 1. The van der Waals surface area contributed by atoms with Crippen LogP contribution in [0.4, 0.5) is 5.69 Å². The molecule has 0 saturated carbocycles. The average molecular weight is 311 g/mol. The molecule has 0 bridgehead atoms. The summed E-state index contributed by atoms with van der Waals surface area (Å²) in [6.45, 7) is 1.52. The van der Waals surface area contributed by atoms with E-state index in [0.29, 0.717) is 32.6 Å². The molecule has 0 atom stereocenters. The van der Waals surface area contributed by atoms with E-state index < -0.39 is 5.41 Å². The lowest BCUT2D eigenvalue weighted by atomic mass is 9.79. The van der Waals surface area contributed by atoms with E-state index in [0.717, 1.165) is 16.6 Å². The number of hydrogen-bond donors (Lipinski definition) is 3. The van der Waals surface area contributed by atoms with Gasteiger partial charge in [0.1, 0.15) is 0 Å². The molecule has 1 aromatic heterocycles. The fourth-order valence-corrected chi connectivity index (χ4v) is 2.57. The Morgan fingerprint density at radius 1 is 1.43 bits per heavy atom. The van der Waals surface area contributed by atoms with E-state index in [2.05, 4.69) is 15.5 Å². The van der Waals surface area contributed by atoms with Crippen molar-refractivity contribution in [1.82, 2.24) is 10.2 Å². The quantitative estimate of drug-likeness (QED) is 0.804. The number of benzene rings is 1. The van der Waals surface area contributed by atoms with Gasteiger partial charge in [-0.25, -0.2) is 0 Å². The average Bonchev–Trinajstić information content (AvgIpc) is 2.95. The molecule has 6 nitrogen and oxygen atoms in total. The molecule has 4 N–H and O–H groups in total. The van der Waals surface area contributed by atoms with Gasteiger partial charge in [-0.1, -0.05) is 0 Å². The second kappa shape index (κ2) is 6.43. The topological polar surface area (TPSA) is 93.0 Å². The Kier molecular flexibility index (Phi) is 4.82. The van der Waals surface area contributed by atoms with Gasteiger partial charge in [-0.3, -0.25) is 9.89 Å². The molecule has 1 aromatic carbocycles. The Balaban J connectivity index is 0.00000161. The van der Waals surface area contributed by atoms with Crippen LogP contribution in [0.5, 0.6) is 0 Å². The predicted octanol–water partition coefficient (Wildman–Crippen LogP) is 1.68. The zero-order valence-electron chi connectivity index (χ0n) is 11.6. The third kappa shape index (κ3) is 3.02. The summed E-state index contributed by atoms with van der Waals surface area (Å²) >= 11 is 0. The summed E-state index contributed by atoms with van der Waals surface area (Å²) in [6, 6.07) is 5.67. The molecule has 0 radical (unpaired) electrons. The Morgan fingerprint density at radius 3 is 2.90 bits per heavy atom. The highest BCUT2D eigenvalue weighted by Gasteiger charge is 2.38. The summed E-state index contributed by atoms with van der Waals surface area (Å²) < 4.78 is 5.33. The molecule has 7 heteroatoms. The van der Waals surface area contributed by atoms with E-state index >= 15 is 0 Å². The third-order valence-electron chi connectivity index (χ3n) is 4.02. The Hall–Kier alpha value is -1.63. The minimum Gasteiger partial charge on any atom is -0.381 e. The van der Waals surface area contributed by atoms with Crippen LogP contribution in [-0.4, -0.2) is 35.9 Å². The molecule has 0 unspecified atom stereocenters. The van der Waals surface area contributed by atoms with Crippen molar-refractivity contribution in [2.24, 2.45) is 11.1 Å². The fraction of sp³-hybridized carbons (Fsp3) is 0.429. The summed E-state index contributed by atoms with van der Waals surface area (Å²) in [5.74, 6) is -0.0221. The van der Waals surface area contributed by atoms with Crippen molar-refractivity contribution in [2.75, 3.05) is 25.1 Å². The van der Waals surface area contributed by atoms with Crippen LogP contribution in [0.3, 0.4) is 0 Å². The van der Waals surface area contributed by atoms with Gasteiger partial charge >= 0.3 is 0 Å². The SMILES string of the molecule is Cl.NCC1(C(=O)Nc2ccc3[nH]ncc3c2)CCOCC1. The number of nitrogens with two attached hydrogens (primary N) is 1. The number of nitrogens with one attached hydrogen (secondary N) is 2. The maximum absolute atomic E-state index is 12.5. The summed E-state index contributed by atoms with van der Waals surface area (Å²) in [4.78, 5) is 12.5. The smallest absolute Gasteiger partial charge is 0.232 e. The predicted molar refractivity (Wildman–Crippen MR) is 83.5 cm³/mol. The number of anilines is 1. The summed E-state index contributed by atoms with van der Waals surface area (Å²) in [5, 5.41) is 10.8. The molecule has 2 heterocycles. The van der Waals surface area contributed by atoms with Crippen molar-refractivity contribution in [3.05, 3.63) is 24.4 Å². The number of H-pyrrole nitrogens is 1. The monoisotopic (exact) mass is 310 g/mol. The van der Waals surface area contributed by atoms with Crippen molar-refractivity contribution in [3.63, 3.8) is 0 Å². The van der Waals surface area contributed by atoms with E-state index in [4.69, 9.17) is 10.5 Å². The summed E-state index contributed by atoms with van der Waals surface area (Å²) in [5.41, 5.74) is 7.04. The van der Waals surface area contributed by atoms with E-state index in [9.17, 15) is 4.79 Å². The highest BCUT2D eigenvalue weighted by Crippen LogP contribution is 2.31. The number of rotatable bonds is 3. The molecule has 1 aliphatic heterocycles. The number of fused-ring (bicyclic) bond motifs is 1. The summed E-state index contributed by atoms with van der Waals surface area (Å²) in [7, 11) is 0. The van der Waals surface area contributed by atoms with Gasteiger partial charge in [0.15, 0.2) is 0 Å². The second-order valence-corrected chi connectivity index (χ2v) is 5.22. The van der Waals surface area contributed by atoms with Gasteiger partial charge in [0.25, 0.3) is 0 Å². The van der Waals surface area contributed by atoms with Crippen LogP contribution in [0.1, 0.15) is 12.8 Å². The van der Waals surface area contributed by atoms with Gasteiger partial charge < -0.3 is 15.8 Å². The number of nitrogens with zero attached hydrogens (tertiary/aromatic N) is 1. The van der Waals surface area contributed by atoms with Gasteiger partial charge in [0.2, 0.25) is 5.91 Å². The molecule has 0 aliphatic carbocycles. The van der Waals surface area contributed by atoms with Gasteiger partial charge in [-0.2, -0.15) is 5.10 Å². The highest BCUT2D eigenvalue weighted by molar-refractivity contribution is 5.97. The minimum atomic E-state index is -0.510. The van der Waals surface area contributed by atoms with Crippen molar-refractivity contribution in [2.45, 2.75) is 12.8 Å². The molecular weight excluding hydrogens is 292 g/mol. The van der Waals surface area contributed by atoms with Crippen LogP contribution in [0.2, 0.25) is 0 Å². The Bertz CT molecular complexity index is 622. The van der Waals surface area contributed by atoms with Crippen molar-refractivity contribution in [1.29, 1.82) is 0 Å². The molecule has 1 amide bonds. The van der Waals surface area contributed by atoms with Crippen LogP contribution in [-0.2, 0) is 9.53 Å². The lowest BCUT2D eigenvalue weighted by Gasteiger charge is -2.34. The number of hydrogen-bond acceptors (Lipinski definition) is 4. The van der Waals surface area contributed by atoms with Gasteiger partial charge in [-0.05, 0) is 31.0 Å². The highest BCUT2D eigenvalue weighted by atomic mass is 35.5. The zero-order chi connectivity index (χ0) is 14.0. The van der Waals surface area contributed by atoms with Crippen LogP contribution in [0.25, 0.3) is 10.9 Å². The number of amides is 1. The Labute approximate surface area is 128 Å². The minimum absolute atomic E-state index is 0. The van der Waals surface area contributed by atoms with Gasteiger partial charge in [0.05, 0.1) is 17.1 Å². The van der Waals surface area contributed by atoms with Crippen molar-refractivity contribution >= 4 is 34.9 Å². The Morgan fingerprint density at radius 2 is 2.19 bits per heavy atom. The fourth-order valence-electron chi connectivity index (χ4n) is 2.57. The van der Waals surface area contributed by atoms with Crippen LogP contribution in [0.15, 0.2) is 24.4 Å². The molecule has 1 aliphatic rings. The zero-order valence-corrected chi connectivity index (χ0v) is 12.4. The third-order valence-corrected chi connectivity index (χ3v) is 4.02. The molecule has 3 rings (SSSR count). The largest absolute Gasteiger partial charge is 0.381 e. The lowest BCUT2D eigenvalue weighted by Crippen LogP contribution is -2.46. The van der Waals surface area contributed by atoms with E-state index in [1.54, 1.807) is 6.20 Å². The first-order valence-corrected chi connectivity index (χ1v) is 6.76. The van der Waals surface area contributed by atoms with E-state index in [1.165, 1.54) is 0 Å². The van der Waals surface area contributed by atoms with Crippen molar-refractivity contribution in [3.8, 4) is 0 Å². The first kappa shape index (κ1) is 15.8. The number of aromatic amines is 1. The standard InChI is InChI=1S/C14H18N4O2.ClH/c15-9-14(3-5-20-6-4-14)13(19)17-11-1-2-12-10(7-11)8-16-18-12;/h1-2,7-8H,3-6,9,15H2,(H,16,18)(H,17,19);1H. The van der Waals surface area contributed by atoms with Gasteiger partial charge in [0, 0.05) is 30.8 Å². The number of halogens is 1. The molecule has 114 valence electrons. The second-order valence-electron chi connectivity index (χ2n) is 5.22. The summed E-state index contributed by atoms with van der Waals surface area (Å²) in [6.07, 6.45) is 3.07. The van der Waals surface area contributed by atoms with Crippen LogP contribution in [0, 0.1) is 5.41 Å². The van der Waals surface area contributed by atoms with E-state index in [-0.39, 0.29) is 18.3 Å². The molecule has 1 fully saturated rings. The molecule has 1 saturated heterocycles.